The fourth-order valence-electron chi connectivity index (χ4n) is 2.71. The van der Waals surface area contributed by atoms with Crippen LogP contribution >= 0.6 is 23.1 Å². The molecule has 0 radical (unpaired) electrons. The number of fused-ring (bicyclic) bond motifs is 1. The van der Waals surface area contributed by atoms with Gasteiger partial charge in [-0.2, -0.15) is 0 Å². The van der Waals surface area contributed by atoms with E-state index < -0.39 is 5.91 Å². The molecule has 1 fully saturated rings. The standard InChI is InChI=1S/C14H19N5OS2/c1-21-8-6-9(19-4-2-7(15)3-5-19)18-14-10(8)11(16)12(22-14)13(17)20/h6-7H,2-5,15-16H2,1H3,(H2,17,20). The van der Waals surface area contributed by atoms with Crippen molar-refractivity contribution in [2.75, 3.05) is 30.0 Å². The van der Waals surface area contributed by atoms with Crippen molar-refractivity contribution in [1.29, 1.82) is 0 Å². The Kier molecular flexibility index (Phi) is 4.16. The lowest BCUT2D eigenvalue weighted by Gasteiger charge is -2.31. The number of aromatic nitrogens is 1. The van der Waals surface area contributed by atoms with Gasteiger partial charge >= 0.3 is 0 Å². The number of primary amides is 1. The molecule has 8 heteroatoms. The molecule has 0 atom stereocenters. The lowest BCUT2D eigenvalue weighted by molar-refractivity contribution is 0.100. The van der Waals surface area contributed by atoms with Crippen LogP contribution in [0.3, 0.4) is 0 Å². The zero-order valence-corrected chi connectivity index (χ0v) is 14.0. The number of pyridine rings is 1. The van der Waals surface area contributed by atoms with Crippen LogP contribution in [0.1, 0.15) is 22.5 Å². The van der Waals surface area contributed by atoms with Crippen LogP contribution in [0.25, 0.3) is 10.2 Å². The maximum Gasteiger partial charge on any atom is 0.260 e. The Balaban J connectivity index is 2.08. The second-order valence-electron chi connectivity index (χ2n) is 5.40. The summed E-state index contributed by atoms with van der Waals surface area (Å²) in [5, 5.41) is 0.837. The maximum absolute atomic E-state index is 11.5. The Hall–Kier alpha value is -1.51. The average Bonchev–Trinajstić information content (AvgIpc) is 2.84. The molecule has 6 nitrogen and oxygen atoms in total. The summed E-state index contributed by atoms with van der Waals surface area (Å²) in [7, 11) is 0. The Labute approximate surface area is 137 Å². The van der Waals surface area contributed by atoms with Crippen LogP contribution in [-0.2, 0) is 0 Å². The highest BCUT2D eigenvalue weighted by Crippen LogP contribution is 2.40. The van der Waals surface area contributed by atoms with Crippen molar-refractivity contribution < 1.29 is 4.79 Å². The first-order valence-electron chi connectivity index (χ1n) is 7.08. The van der Waals surface area contributed by atoms with Gasteiger partial charge in [0.2, 0.25) is 0 Å². The highest BCUT2D eigenvalue weighted by Gasteiger charge is 2.22. The first-order valence-corrected chi connectivity index (χ1v) is 9.12. The van der Waals surface area contributed by atoms with Crippen molar-refractivity contribution in [3.63, 3.8) is 0 Å². The molecule has 6 N–H and O–H groups in total. The number of hydrogen-bond donors (Lipinski definition) is 3. The van der Waals surface area contributed by atoms with Gasteiger partial charge in [0.1, 0.15) is 15.5 Å². The number of thioether (sulfide) groups is 1. The molecule has 0 aliphatic carbocycles. The van der Waals surface area contributed by atoms with Crippen LogP contribution < -0.4 is 22.1 Å². The molecule has 0 saturated carbocycles. The number of thiophene rings is 1. The number of nitrogens with two attached hydrogens (primary N) is 3. The maximum atomic E-state index is 11.5. The van der Waals surface area contributed by atoms with Gasteiger partial charge in [-0.05, 0) is 25.2 Å². The summed E-state index contributed by atoms with van der Waals surface area (Å²) in [4.78, 5) is 20.6. The van der Waals surface area contributed by atoms with E-state index in [1.807, 2.05) is 12.3 Å². The van der Waals surface area contributed by atoms with E-state index in [9.17, 15) is 4.79 Å². The average molecular weight is 337 g/mol. The molecule has 1 aliphatic heterocycles. The third-order valence-electron chi connectivity index (χ3n) is 3.96. The van der Waals surface area contributed by atoms with Crippen LogP contribution in [0.15, 0.2) is 11.0 Å². The summed E-state index contributed by atoms with van der Waals surface area (Å²) in [6.07, 6.45) is 3.92. The molecule has 2 aromatic heterocycles. The van der Waals surface area contributed by atoms with E-state index in [1.54, 1.807) is 11.8 Å². The topological polar surface area (TPSA) is 111 Å². The Morgan fingerprint density at radius 1 is 1.45 bits per heavy atom. The van der Waals surface area contributed by atoms with E-state index in [4.69, 9.17) is 22.2 Å². The smallest absolute Gasteiger partial charge is 0.260 e. The molecule has 1 saturated heterocycles. The van der Waals surface area contributed by atoms with Crippen LogP contribution in [0.4, 0.5) is 11.5 Å². The molecule has 0 aromatic carbocycles. The zero-order chi connectivity index (χ0) is 15.9. The van der Waals surface area contributed by atoms with Gasteiger partial charge in [-0.15, -0.1) is 23.1 Å². The third kappa shape index (κ3) is 2.62. The van der Waals surface area contributed by atoms with Crippen molar-refractivity contribution in [1.82, 2.24) is 4.98 Å². The number of amides is 1. The molecule has 0 unspecified atom stereocenters. The summed E-state index contributed by atoms with van der Waals surface area (Å²) in [6, 6.07) is 2.32. The van der Waals surface area contributed by atoms with E-state index >= 15 is 0 Å². The lowest BCUT2D eigenvalue weighted by Crippen LogP contribution is -2.40. The summed E-state index contributed by atoms with van der Waals surface area (Å²) in [6.45, 7) is 1.80. The van der Waals surface area contributed by atoms with Gasteiger partial charge in [0.05, 0.1) is 5.69 Å². The van der Waals surface area contributed by atoms with Gasteiger partial charge in [-0.3, -0.25) is 4.79 Å². The number of rotatable bonds is 3. The number of nitrogen functional groups attached to an aromatic ring is 1. The third-order valence-corrected chi connectivity index (χ3v) is 5.83. The van der Waals surface area contributed by atoms with Gasteiger partial charge in [0, 0.05) is 29.4 Å². The van der Waals surface area contributed by atoms with Crippen molar-refractivity contribution >= 4 is 50.7 Å². The van der Waals surface area contributed by atoms with Crippen molar-refractivity contribution in [3.8, 4) is 0 Å². The summed E-state index contributed by atoms with van der Waals surface area (Å²) < 4.78 is 0. The Morgan fingerprint density at radius 3 is 2.73 bits per heavy atom. The fraction of sp³-hybridized carbons (Fsp3) is 0.429. The van der Waals surface area contributed by atoms with Gasteiger partial charge in [-0.25, -0.2) is 4.98 Å². The fourth-order valence-corrected chi connectivity index (χ4v) is 4.37. The first-order chi connectivity index (χ1) is 10.5. The number of hydrogen-bond acceptors (Lipinski definition) is 7. The van der Waals surface area contributed by atoms with Gasteiger partial charge in [0.15, 0.2) is 0 Å². The molecule has 22 heavy (non-hydrogen) atoms. The quantitative estimate of drug-likeness (QED) is 0.734. The summed E-state index contributed by atoms with van der Waals surface area (Å²) in [5.74, 6) is 0.416. The molecule has 3 heterocycles. The molecule has 118 valence electrons. The van der Waals surface area contributed by atoms with E-state index in [0.717, 1.165) is 46.9 Å². The van der Waals surface area contributed by atoms with Crippen molar-refractivity contribution in [3.05, 3.63) is 10.9 Å². The van der Waals surface area contributed by atoms with Gasteiger partial charge in [-0.1, -0.05) is 0 Å². The number of piperidine rings is 1. The van der Waals surface area contributed by atoms with E-state index in [0.29, 0.717) is 10.6 Å². The Morgan fingerprint density at radius 2 is 2.14 bits per heavy atom. The lowest BCUT2D eigenvalue weighted by atomic mass is 10.1. The summed E-state index contributed by atoms with van der Waals surface area (Å²) in [5.41, 5.74) is 17.9. The number of carbonyl (C=O) groups excluding carboxylic acids is 1. The molecule has 1 amide bonds. The molecular weight excluding hydrogens is 318 g/mol. The molecule has 2 aromatic rings. The predicted octanol–water partition coefficient (Wildman–Crippen LogP) is 1.63. The molecule has 3 rings (SSSR count). The Bertz CT molecular complexity index is 722. The second kappa shape index (κ2) is 5.94. The molecule has 0 spiro atoms. The van der Waals surface area contributed by atoms with Crippen LogP contribution in [0.2, 0.25) is 0 Å². The van der Waals surface area contributed by atoms with Crippen LogP contribution in [0.5, 0.6) is 0 Å². The highest BCUT2D eigenvalue weighted by molar-refractivity contribution is 7.98. The molecule has 0 bridgehead atoms. The van der Waals surface area contributed by atoms with Crippen LogP contribution in [0, 0.1) is 0 Å². The number of carbonyl (C=O) groups is 1. The minimum atomic E-state index is -0.502. The van der Waals surface area contributed by atoms with E-state index in [2.05, 4.69) is 4.90 Å². The highest BCUT2D eigenvalue weighted by atomic mass is 32.2. The SMILES string of the molecule is CSc1cc(N2CCC(N)CC2)nc2sc(C(N)=O)c(N)c12. The zero-order valence-electron chi connectivity index (χ0n) is 12.3. The molecule has 1 aliphatic rings. The van der Waals surface area contributed by atoms with E-state index in [1.165, 1.54) is 11.3 Å². The predicted molar refractivity (Wildman–Crippen MR) is 93.8 cm³/mol. The largest absolute Gasteiger partial charge is 0.397 e. The van der Waals surface area contributed by atoms with E-state index in [-0.39, 0.29) is 6.04 Å². The summed E-state index contributed by atoms with van der Waals surface area (Å²) >= 11 is 2.86. The van der Waals surface area contributed by atoms with Gasteiger partial charge in [0.25, 0.3) is 5.91 Å². The van der Waals surface area contributed by atoms with Crippen molar-refractivity contribution in [2.45, 2.75) is 23.8 Å². The van der Waals surface area contributed by atoms with Crippen molar-refractivity contribution in [2.24, 2.45) is 11.5 Å². The van der Waals surface area contributed by atoms with Gasteiger partial charge < -0.3 is 22.1 Å². The minimum Gasteiger partial charge on any atom is -0.397 e. The van der Waals surface area contributed by atoms with Crippen LogP contribution in [-0.4, -0.2) is 36.3 Å². The second-order valence-corrected chi connectivity index (χ2v) is 7.24. The normalized spacial score (nSPS) is 16.4. The monoisotopic (exact) mass is 337 g/mol. The number of anilines is 2. The molecular formula is C14H19N5OS2. The first kappa shape index (κ1) is 15.4. The minimum absolute atomic E-state index is 0.277. The number of nitrogens with zero attached hydrogens (tertiary/aromatic N) is 2.